The van der Waals surface area contributed by atoms with Crippen LogP contribution >= 0.6 is 0 Å². The number of rotatable bonds is 2. The van der Waals surface area contributed by atoms with Crippen LogP contribution in [0.3, 0.4) is 0 Å². The Morgan fingerprint density at radius 3 is 2.71 bits per heavy atom. The lowest BCUT2D eigenvalue weighted by molar-refractivity contribution is -0.0573. The second kappa shape index (κ2) is 5.22. The lowest BCUT2D eigenvalue weighted by Gasteiger charge is -2.46. The maximum absolute atomic E-state index is 5.97. The zero-order valence-electron chi connectivity index (χ0n) is 11.7. The smallest absolute Gasteiger partial charge is 0.0830 e. The normalized spacial score (nSPS) is 36.0. The molecule has 0 aromatic rings. The molecule has 2 aliphatic rings. The quantitative estimate of drug-likeness (QED) is 0.757. The Bertz CT molecular complexity index is 257. The van der Waals surface area contributed by atoms with E-state index in [1.165, 1.54) is 0 Å². The number of morpholine rings is 1. The van der Waals surface area contributed by atoms with Crippen LogP contribution in [0.1, 0.15) is 20.8 Å². The van der Waals surface area contributed by atoms with Gasteiger partial charge in [-0.3, -0.25) is 9.80 Å². The lowest BCUT2D eigenvalue weighted by atomic mass is 9.99. The van der Waals surface area contributed by atoms with E-state index in [1.807, 2.05) is 0 Å². The fourth-order valence-corrected chi connectivity index (χ4v) is 2.76. The van der Waals surface area contributed by atoms with E-state index in [4.69, 9.17) is 4.74 Å². The molecule has 0 radical (unpaired) electrons. The van der Waals surface area contributed by atoms with Crippen LogP contribution in [-0.2, 0) is 4.74 Å². The standard InChI is InChI=1S/C13H27N3O/c1-11-7-14-8-12(17-11)9-16-6-5-15(4)13(2,3)10-16/h11-12,14H,5-10H2,1-4H3/t11-,12+/m1/s1. The first-order valence-corrected chi connectivity index (χ1v) is 6.77. The number of hydrogen-bond donors (Lipinski definition) is 1. The molecule has 0 aliphatic carbocycles. The van der Waals surface area contributed by atoms with E-state index in [0.29, 0.717) is 12.2 Å². The third-order valence-corrected chi connectivity index (χ3v) is 4.09. The van der Waals surface area contributed by atoms with Gasteiger partial charge in [0.2, 0.25) is 0 Å². The molecule has 0 saturated carbocycles. The molecule has 1 N–H and O–H groups in total. The van der Waals surface area contributed by atoms with Gasteiger partial charge in [0, 0.05) is 44.8 Å². The third-order valence-electron chi connectivity index (χ3n) is 4.09. The minimum absolute atomic E-state index is 0.284. The third kappa shape index (κ3) is 3.41. The Labute approximate surface area is 105 Å². The molecule has 2 rings (SSSR count). The number of piperazine rings is 1. The van der Waals surface area contributed by atoms with E-state index in [-0.39, 0.29) is 5.54 Å². The SMILES string of the molecule is C[C@@H]1CNC[C@@H](CN2CCN(C)C(C)(C)C2)O1. The largest absolute Gasteiger partial charge is 0.371 e. The molecule has 2 heterocycles. The molecular weight excluding hydrogens is 214 g/mol. The van der Waals surface area contributed by atoms with Gasteiger partial charge in [0.1, 0.15) is 0 Å². The fourth-order valence-electron chi connectivity index (χ4n) is 2.76. The van der Waals surface area contributed by atoms with E-state index in [9.17, 15) is 0 Å². The van der Waals surface area contributed by atoms with Crippen LogP contribution < -0.4 is 5.32 Å². The lowest BCUT2D eigenvalue weighted by Crippen LogP contribution is -2.60. The van der Waals surface area contributed by atoms with Crippen LogP contribution in [0, 0.1) is 0 Å². The van der Waals surface area contributed by atoms with Crippen molar-refractivity contribution in [3.05, 3.63) is 0 Å². The van der Waals surface area contributed by atoms with Crippen LogP contribution in [-0.4, -0.2) is 73.9 Å². The Hall–Kier alpha value is -0.160. The van der Waals surface area contributed by atoms with Gasteiger partial charge in [-0.05, 0) is 27.8 Å². The van der Waals surface area contributed by atoms with Crippen molar-refractivity contribution in [1.82, 2.24) is 15.1 Å². The summed E-state index contributed by atoms with van der Waals surface area (Å²) in [5.74, 6) is 0. The topological polar surface area (TPSA) is 27.7 Å². The zero-order chi connectivity index (χ0) is 12.5. The van der Waals surface area contributed by atoms with E-state index in [2.05, 4.69) is 42.9 Å². The molecule has 4 nitrogen and oxygen atoms in total. The molecule has 17 heavy (non-hydrogen) atoms. The van der Waals surface area contributed by atoms with Gasteiger partial charge >= 0.3 is 0 Å². The van der Waals surface area contributed by atoms with Crippen molar-refractivity contribution in [1.29, 1.82) is 0 Å². The highest BCUT2D eigenvalue weighted by Gasteiger charge is 2.32. The van der Waals surface area contributed by atoms with Crippen molar-refractivity contribution < 1.29 is 4.74 Å². The predicted octanol–water partition coefficient (Wildman–Crippen LogP) is 0.389. The van der Waals surface area contributed by atoms with Gasteiger partial charge in [0.05, 0.1) is 12.2 Å². The summed E-state index contributed by atoms with van der Waals surface area (Å²) in [6.45, 7) is 13.3. The summed E-state index contributed by atoms with van der Waals surface area (Å²) < 4.78 is 5.97. The maximum atomic E-state index is 5.97. The van der Waals surface area contributed by atoms with Crippen molar-refractivity contribution in [2.24, 2.45) is 0 Å². The van der Waals surface area contributed by atoms with Gasteiger partial charge in [-0.2, -0.15) is 0 Å². The average Bonchev–Trinajstić information content (AvgIpc) is 2.23. The minimum Gasteiger partial charge on any atom is -0.371 e. The van der Waals surface area contributed by atoms with Crippen LogP contribution in [0.5, 0.6) is 0 Å². The Balaban J connectivity index is 1.83. The van der Waals surface area contributed by atoms with E-state index in [0.717, 1.165) is 39.3 Å². The van der Waals surface area contributed by atoms with Crippen LogP contribution in [0.2, 0.25) is 0 Å². The molecule has 100 valence electrons. The summed E-state index contributed by atoms with van der Waals surface area (Å²) in [4.78, 5) is 5.00. The highest BCUT2D eigenvalue weighted by molar-refractivity contribution is 4.89. The number of nitrogens with zero attached hydrogens (tertiary/aromatic N) is 2. The molecular formula is C13H27N3O. The number of hydrogen-bond acceptors (Lipinski definition) is 4. The van der Waals surface area contributed by atoms with E-state index >= 15 is 0 Å². The van der Waals surface area contributed by atoms with Gasteiger partial charge in [0.25, 0.3) is 0 Å². The fraction of sp³-hybridized carbons (Fsp3) is 1.00. The first kappa shape index (κ1) is 13.3. The molecule has 0 amide bonds. The Kier molecular flexibility index (Phi) is 4.08. The first-order chi connectivity index (χ1) is 7.97. The van der Waals surface area contributed by atoms with Gasteiger partial charge in [-0.1, -0.05) is 0 Å². The maximum Gasteiger partial charge on any atom is 0.0830 e. The summed E-state index contributed by atoms with van der Waals surface area (Å²) in [7, 11) is 2.22. The van der Waals surface area contributed by atoms with Crippen molar-refractivity contribution in [3.63, 3.8) is 0 Å². The van der Waals surface area contributed by atoms with Gasteiger partial charge in [0.15, 0.2) is 0 Å². The number of nitrogens with one attached hydrogen (secondary N) is 1. The molecule has 0 bridgehead atoms. The van der Waals surface area contributed by atoms with Crippen LogP contribution in [0.4, 0.5) is 0 Å². The summed E-state index contributed by atoms with van der Waals surface area (Å²) in [5, 5.41) is 3.44. The Morgan fingerprint density at radius 2 is 2.06 bits per heavy atom. The Morgan fingerprint density at radius 1 is 1.29 bits per heavy atom. The second-order valence-electron chi connectivity index (χ2n) is 6.20. The molecule has 2 fully saturated rings. The highest BCUT2D eigenvalue weighted by Crippen LogP contribution is 2.19. The molecule has 2 saturated heterocycles. The second-order valence-corrected chi connectivity index (χ2v) is 6.20. The van der Waals surface area contributed by atoms with Gasteiger partial charge < -0.3 is 10.1 Å². The van der Waals surface area contributed by atoms with Crippen molar-refractivity contribution in [3.8, 4) is 0 Å². The zero-order valence-corrected chi connectivity index (χ0v) is 11.7. The predicted molar refractivity (Wildman–Crippen MR) is 70.4 cm³/mol. The number of ether oxygens (including phenoxy) is 1. The molecule has 0 unspecified atom stereocenters. The van der Waals surface area contributed by atoms with Crippen molar-refractivity contribution in [2.75, 3.05) is 46.3 Å². The average molecular weight is 241 g/mol. The molecule has 4 heteroatoms. The van der Waals surface area contributed by atoms with Crippen LogP contribution in [0.15, 0.2) is 0 Å². The van der Waals surface area contributed by atoms with Gasteiger partial charge in [-0.15, -0.1) is 0 Å². The summed E-state index contributed by atoms with van der Waals surface area (Å²) in [6.07, 6.45) is 0.715. The highest BCUT2D eigenvalue weighted by atomic mass is 16.5. The van der Waals surface area contributed by atoms with Gasteiger partial charge in [-0.25, -0.2) is 0 Å². The molecule has 0 aromatic heterocycles. The molecule has 2 atom stereocenters. The summed E-state index contributed by atoms with van der Waals surface area (Å²) in [5.41, 5.74) is 0.284. The van der Waals surface area contributed by atoms with Crippen molar-refractivity contribution in [2.45, 2.75) is 38.5 Å². The molecule has 2 aliphatic heterocycles. The van der Waals surface area contributed by atoms with Crippen molar-refractivity contribution >= 4 is 0 Å². The van der Waals surface area contributed by atoms with E-state index in [1.54, 1.807) is 0 Å². The number of likely N-dealkylation sites (N-methyl/N-ethyl adjacent to an activating group) is 1. The minimum atomic E-state index is 0.284. The molecule has 0 aromatic carbocycles. The monoisotopic (exact) mass is 241 g/mol. The first-order valence-electron chi connectivity index (χ1n) is 6.77. The van der Waals surface area contributed by atoms with Crippen LogP contribution in [0.25, 0.3) is 0 Å². The molecule has 0 spiro atoms. The summed E-state index contributed by atoms with van der Waals surface area (Å²) in [6, 6.07) is 0. The van der Waals surface area contributed by atoms with E-state index < -0.39 is 0 Å². The summed E-state index contributed by atoms with van der Waals surface area (Å²) >= 11 is 0.